The zero-order valence-corrected chi connectivity index (χ0v) is 14.1. The minimum absolute atomic E-state index is 0.0212. The molecule has 6 nitrogen and oxygen atoms in total. The zero-order valence-electron chi connectivity index (χ0n) is 14.1. The third-order valence-electron chi connectivity index (χ3n) is 3.61. The first-order chi connectivity index (χ1) is 11.5. The molecule has 6 heteroatoms. The normalized spacial score (nSPS) is 10.2. The Kier molecular flexibility index (Phi) is 5.52. The minimum Gasteiger partial charge on any atom is -0.493 e. The van der Waals surface area contributed by atoms with E-state index in [1.165, 1.54) is 14.2 Å². The molecule has 2 rings (SSSR count). The Labute approximate surface area is 140 Å². The molecule has 128 valence electrons. The molecule has 0 amide bonds. The maximum absolute atomic E-state index is 10.8. The Morgan fingerprint density at radius 2 is 1.46 bits per heavy atom. The Hall–Kier alpha value is -2.89. The monoisotopic (exact) mass is 332 g/mol. The highest BCUT2D eigenvalue weighted by molar-refractivity contribution is 5.80. The van der Waals surface area contributed by atoms with Gasteiger partial charge < -0.3 is 24.1 Å². The Bertz CT molecular complexity index is 721. The van der Waals surface area contributed by atoms with Crippen LogP contribution in [0.2, 0.25) is 0 Å². The van der Waals surface area contributed by atoms with Gasteiger partial charge in [-0.3, -0.25) is 4.79 Å². The molecule has 0 aliphatic rings. The summed E-state index contributed by atoms with van der Waals surface area (Å²) in [5.41, 5.74) is 2.33. The van der Waals surface area contributed by atoms with Gasteiger partial charge in [0.05, 0.1) is 34.9 Å². The van der Waals surface area contributed by atoms with Gasteiger partial charge in [0.25, 0.3) is 0 Å². The first-order valence-electron chi connectivity index (χ1n) is 7.23. The molecular weight excluding hydrogens is 312 g/mol. The first kappa shape index (κ1) is 17.5. The second kappa shape index (κ2) is 7.59. The molecule has 0 heterocycles. The molecule has 0 aliphatic carbocycles. The quantitative estimate of drug-likeness (QED) is 0.840. The summed E-state index contributed by atoms with van der Waals surface area (Å²) in [7, 11) is 6.15. The summed E-state index contributed by atoms with van der Waals surface area (Å²) in [6, 6.07) is 9.01. The van der Waals surface area contributed by atoms with Crippen molar-refractivity contribution in [3.8, 4) is 34.1 Å². The van der Waals surface area contributed by atoms with Gasteiger partial charge in [0.2, 0.25) is 11.5 Å². The van der Waals surface area contributed by atoms with Crippen molar-refractivity contribution >= 4 is 5.97 Å². The van der Waals surface area contributed by atoms with Crippen LogP contribution in [0.25, 0.3) is 11.1 Å². The van der Waals surface area contributed by atoms with Gasteiger partial charge in [0.1, 0.15) is 0 Å². The average Bonchev–Trinajstić information content (AvgIpc) is 2.59. The lowest BCUT2D eigenvalue weighted by atomic mass is 10.0. The van der Waals surface area contributed by atoms with Crippen molar-refractivity contribution < 1.29 is 28.8 Å². The molecule has 0 spiro atoms. The van der Waals surface area contributed by atoms with Crippen LogP contribution in [0, 0.1) is 0 Å². The lowest BCUT2D eigenvalue weighted by Crippen LogP contribution is -2.01. The van der Waals surface area contributed by atoms with Gasteiger partial charge in [-0.1, -0.05) is 24.3 Å². The fourth-order valence-corrected chi connectivity index (χ4v) is 2.52. The van der Waals surface area contributed by atoms with E-state index in [2.05, 4.69) is 0 Å². The summed E-state index contributed by atoms with van der Waals surface area (Å²) in [5.74, 6) is 1.04. The van der Waals surface area contributed by atoms with E-state index in [1.54, 1.807) is 32.4 Å². The van der Waals surface area contributed by atoms with Crippen LogP contribution in [0.5, 0.6) is 23.0 Å². The largest absolute Gasteiger partial charge is 0.493 e. The maximum Gasteiger partial charge on any atom is 0.307 e. The number of benzene rings is 2. The van der Waals surface area contributed by atoms with Crippen molar-refractivity contribution in [2.45, 2.75) is 6.42 Å². The molecule has 0 saturated heterocycles. The van der Waals surface area contributed by atoms with Crippen LogP contribution >= 0.6 is 0 Å². The molecule has 2 aromatic rings. The van der Waals surface area contributed by atoms with Crippen molar-refractivity contribution in [1.82, 2.24) is 0 Å². The lowest BCUT2D eigenvalue weighted by molar-refractivity contribution is -0.136. The fraction of sp³-hybridized carbons (Fsp3) is 0.278. The molecule has 0 radical (unpaired) electrons. The Morgan fingerprint density at radius 3 is 1.92 bits per heavy atom. The van der Waals surface area contributed by atoms with Gasteiger partial charge in [-0.25, -0.2) is 0 Å². The second-order valence-electron chi connectivity index (χ2n) is 4.99. The molecule has 0 saturated carbocycles. The highest BCUT2D eigenvalue weighted by Crippen LogP contribution is 2.49. The smallest absolute Gasteiger partial charge is 0.307 e. The van der Waals surface area contributed by atoms with E-state index in [9.17, 15) is 4.79 Å². The van der Waals surface area contributed by atoms with Gasteiger partial charge in [0.15, 0.2) is 11.5 Å². The first-order valence-corrected chi connectivity index (χ1v) is 7.23. The van der Waals surface area contributed by atoms with E-state index >= 15 is 0 Å². The summed E-state index contributed by atoms with van der Waals surface area (Å²) >= 11 is 0. The average molecular weight is 332 g/mol. The molecule has 0 bridgehead atoms. The predicted octanol–water partition coefficient (Wildman–Crippen LogP) is 3.02. The topological polar surface area (TPSA) is 74.2 Å². The molecule has 1 N–H and O–H groups in total. The van der Waals surface area contributed by atoms with Crippen molar-refractivity contribution in [2.75, 3.05) is 28.4 Å². The van der Waals surface area contributed by atoms with E-state index in [1.807, 2.05) is 12.1 Å². The number of carboxylic acids is 1. The minimum atomic E-state index is -0.867. The number of methoxy groups -OCH3 is 4. The van der Waals surface area contributed by atoms with Crippen molar-refractivity contribution in [3.63, 3.8) is 0 Å². The van der Waals surface area contributed by atoms with Crippen molar-refractivity contribution in [1.29, 1.82) is 0 Å². The molecule has 24 heavy (non-hydrogen) atoms. The van der Waals surface area contributed by atoms with Crippen LogP contribution in [0.3, 0.4) is 0 Å². The molecular formula is C18H20O6. The number of aliphatic carboxylic acids is 1. The van der Waals surface area contributed by atoms with E-state index in [4.69, 9.17) is 24.1 Å². The third-order valence-corrected chi connectivity index (χ3v) is 3.61. The van der Waals surface area contributed by atoms with Gasteiger partial charge in [-0.05, 0) is 17.2 Å². The van der Waals surface area contributed by atoms with Crippen LogP contribution < -0.4 is 18.9 Å². The molecule has 0 unspecified atom stereocenters. The van der Waals surface area contributed by atoms with Gasteiger partial charge in [-0.2, -0.15) is 0 Å². The SMILES string of the molecule is COc1cc(-c2ccc(CC(=O)O)cc2)c(OC)c(OC)c1OC. The van der Waals surface area contributed by atoms with Crippen LogP contribution in [0.15, 0.2) is 30.3 Å². The third kappa shape index (κ3) is 3.37. The van der Waals surface area contributed by atoms with E-state index in [-0.39, 0.29) is 6.42 Å². The van der Waals surface area contributed by atoms with Gasteiger partial charge in [0, 0.05) is 5.56 Å². The maximum atomic E-state index is 10.8. The fourth-order valence-electron chi connectivity index (χ4n) is 2.52. The van der Waals surface area contributed by atoms with Gasteiger partial charge >= 0.3 is 5.97 Å². The van der Waals surface area contributed by atoms with Crippen LogP contribution in [-0.2, 0) is 11.2 Å². The Balaban J connectivity index is 2.58. The van der Waals surface area contributed by atoms with Crippen LogP contribution in [0.1, 0.15) is 5.56 Å². The number of carbonyl (C=O) groups is 1. The van der Waals surface area contributed by atoms with Crippen LogP contribution in [-0.4, -0.2) is 39.5 Å². The summed E-state index contributed by atoms with van der Waals surface area (Å²) in [6.07, 6.45) is -0.0212. The number of rotatable bonds is 7. The highest BCUT2D eigenvalue weighted by atomic mass is 16.5. The van der Waals surface area contributed by atoms with E-state index < -0.39 is 5.97 Å². The summed E-state index contributed by atoms with van der Waals surface area (Å²) in [5, 5.41) is 8.86. The number of ether oxygens (including phenoxy) is 4. The second-order valence-corrected chi connectivity index (χ2v) is 4.99. The van der Waals surface area contributed by atoms with E-state index in [0.717, 1.165) is 16.7 Å². The Morgan fingerprint density at radius 1 is 0.875 bits per heavy atom. The molecule has 2 aromatic carbocycles. The summed E-state index contributed by atoms with van der Waals surface area (Å²) < 4.78 is 21.7. The summed E-state index contributed by atoms with van der Waals surface area (Å²) in [4.78, 5) is 10.8. The molecule has 0 fully saturated rings. The molecule has 0 aromatic heterocycles. The number of carboxylic acid groups (broad SMARTS) is 1. The molecule has 0 aliphatic heterocycles. The standard InChI is InChI=1S/C18H20O6/c1-21-14-10-13(16(22-2)18(24-4)17(14)23-3)12-7-5-11(6-8-12)9-15(19)20/h5-8,10H,9H2,1-4H3,(H,19,20). The van der Waals surface area contributed by atoms with Crippen LogP contribution in [0.4, 0.5) is 0 Å². The molecule has 0 atom stereocenters. The summed E-state index contributed by atoms with van der Waals surface area (Å²) in [6.45, 7) is 0. The van der Waals surface area contributed by atoms with Crippen molar-refractivity contribution in [2.24, 2.45) is 0 Å². The number of hydrogen-bond donors (Lipinski definition) is 1. The number of hydrogen-bond acceptors (Lipinski definition) is 5. The van der Waals surface area contributed by atoms with E-state index in [0.29, 0.717) is 23.0 Å². The van der Waals surface area contributed by atoms with Gasteiger partial charge in [-0.15, -0.1) is 0 Å². The predicted molar refractivity (Wildman–Crippen MR) is 89.4 cm³/mol. The zero-order chi connectivity index (χ0) is 17.7. The lowest BCUT2D eigenvalue weighted by Gasteiger charge is -2.18. The highest BCUT2D eigenvalue weighted by Gasteiger charge is 2.22. The van der Waals surface area contributed by atoms with Crippen molar-refractivity contribution in [3.05, 3.63) is 35.9 Å².